The summed E-state index contributed by atoms with van der Waals surface area (Å²) in [6, 6.07) is 10.3. The first-order valence-corrected chi connectivity index (χ1v) is 6.57. The molecule has 0 aliphatic heterocycles. The molecule has 1 aromatic heterocycles. The summed E-state index contributed by atoms with van der Waals surface area (Å²) < 4.78 is 0. The number of carbonyl (C=O) groups is 1. The van der Waals surface area contributed by atoms with Crippen molar-refractivity contribution in [3.63, 3.8) is 0 Å². The molecule has 1 atom stereocenters. The first kappa shape index (κ1) is 11.3. The van der Waals surface area contributed by atoms with E-state index in [1.807, 2.05) is 24.4 Å². The van der Waals surface area contributed by atoms with Crippen LogP contribution in [0.15, 0.2) is 36.5 Å². The first-order valence-electron chi connectivity index (χ1n) is 6.57. The van der Waals surface area contributed by atoms with Crippen LogP contribution in [0.3, 0.4) is 0 Å². The number of ketones is 1. The Balaban J connectivity index is 1.95. The third-order valence-corrected chi connectivity index (χ3v) is 3.86. The van der Waals surface area contributed by atoms with Crippen molar-refractivity contribution >= 4 is 5.78 Å². The zero-order valence-electron chi connectivity index (χ0n) is 10.6. The fraction of sp³-hybridized carbons (Fsp3) is 0.312. The Hall–Kier alpha value is -1.83. The molecule has 2 nitrogen and oxygen atoms in total. The standard InChI is InChI=1S/C16H17NO/c1-2-11-10-17-14-8-13(9-15(18)16(11)14)12-6-4-3-5-7-12/h3-7,10,13,17H,2,8-9H2,1H3. The number of hydrogen-bond donors (Lipinski definition) is 1. The average Bonchev–Trinajstić information content (AvgIpc) is 2.83. The maximum Gasteiger partial charge on any atom is 0.165 e. The van der Waals surface area contributed by atoms with Crippen LogP contribution >= 0.6 is 0 Å². The van der Waals surface area contributed by atoms with E-state index in [1.165, 1.54) is 11.1 Å². The lowest BCUT2D eigenvalue weighted by Crippen LogP contribution is -2.19. The number of nitrogens with one attached hydrogen (secondary N) is 1. The van der Waals surface area contributed by atoms with Gasteiger partial charge in [0.15, 0.2) is 5.78 Å². The molecule has 92 valence electrons. The van der Waals surface area contributed by atoms with Gasteiger partial charge < -0.3 is 4.98 Å². The molecule has 0 saturated carbocycles. The number of aromatic nitrogens is 1. The molecule has 2 heteroatoms. The third-order valence-electron chi connectivity index (χ3n) is 3.86. The van der Waals surface area contributed by atoms with Crippen molar-refractivity contribution in [2.75, 3.05) is 0 Å². The Morgan fingerprint density at radius 1 is 1.22 bits per heavy atom. The normalized spacial score (nSPS) is 18.7. The van der Waals surface area contributed by atoms with Gasteiger partial charge in [-0.2, -0.15) is 0 Å². The Morgan fingerprint density at radius 2 is 2.00 bits per heavy atom. The molecular formula is C16H17NO. The van der Waals surface area contributed by atoms with Gasteiger partial charge in [0, 0.05) is 23.9 Å². The number of hydrogen-bond acceptors (Lipinski definition) is 1. The van der Waals surface area contributed by atoms with Crippen molar-refractivity contribution in [3.8, 4) is 0 Å². The van der Waals surface area contributed by atoms with Crippen LogP contribution in [-0.4, -0.2) is 10.8 Å². The molecule has 18 heavy (non-hydrogen) atoms. The van der Waals surface area contributed by atoms with Gasteiger partial charge >= 0.3 is 0 Å². The number of Topliss-reactive ketones (excluding diaryl/α,β-unsaturated/α-hetero) is 1. The van der Waals surface area contributed by atoms with Crippen LogP contribution in [0.25, 0.3) is 0 Å². The predicted molar refractivity (Wildman–Crippen MR) is 72.0 cm³/mol. The molecule has 0 bridgehead atoms. The Labute approximate surface area is 107 Å². The van der Waals surface area contributed by atoms with E-state index in [2.05, 4.69) is 24.0 Å². The highest BCUT2D eigenvalue weighted by Gasteiger charge is 2.28. The van der Waals surface area contributed by atoms with Gasteiger partial charge in [0.2, 0.25) is 0 Å². The summed E-state index contributed by atoms with van der Waals surface area (Å²) in [6.45, 7) is 2.10. The molecule has 0 fully saturated rings. The molecule has 2 aromatic rings. The molecule has 1 aliphatic rings. The van der Waals surface area contributed by atoms with E-state index in [-0.39, 0.29) is 0 Å². The minimum Gasteiger partial charge on any atom is -0.364 e. The average molecular weight is 239 g/mol. The molecule has 0 spiro atoms. The van der Waals surface area contributed by atoms with Crippen molar-refractivity contribution in [2.45, 2.75) is 32.1 Å². The number of H-pyrrole nitrogens is 1. The van der Waals surface area contributed by atoms with Gasteiger partial charge in [-0.1, -0.05) is 37.3 Å². The van der Waals surface area contributed by atoms with Gasteiger partial charge in [0.1, 0.15) is 0 Å². The molecular weight excluding hydrogens is 222 g/mol. The SMILES string of the molecule is CCc1c[nH]c2c1C(=O)CC(c1ccccc1)C2. The van der Waals surface area contributed by atoms with Crippen molar-refractivity contribution in [3.05, 3.63) is 58.9 Å². The maximum absolute atomic E-state index is 12.3. The number of aryl methyl sites for hydroxylation is 1. The van der Waals surface area contributed by atoms with Crippen LogP contribution in [0.2, 0.25) is 0 Å². The summed E-state index contributed by atoms with van der Waals surface area (Å²) in [5.74, 6) is 0.623. The van der Waals surface area contributed by atoms with Crippen molar-refractivity contribution in [2.24, 2.45) is 0 Å². The van der Waals surface area contributed by atoms with Crippen molar-refractivity contribution in [1.82, 2.24) is 4.98 Å². The zero-order valence-corrected chi connectivity index (χ0v) is 10.6. The molecule has 0 radical (unpaired) electrons. The van der Waals surface area contributed by atoms with Crippen molar-refractivity contribution < 1.29 is 4.79 Å². The highest BCUT2D eigenvalue weighted by Crippen LogP contribution is 2.33. The molecule has 1 N–H and O–H groups in total. The van der Waals surface area contributed by atoms with Crippen LogP contribution in [0, 0.1) is 0 Å². The van der Waals surface area contributed by atoms with Crippen LogP contribution in [-0.2, 0) is 12.8 Å². The quantitative estimate of drug-likeness (QED) is 0.855. The molecule has 0 amide bonds. The lowest BCUT2D eigenvalue weighted by Gasteiger charge is -2.22. The van der Waals surface area contributed by atoms with E-state index in [1.54, 1.807) is 0 Å². The summed E-state index contributed by atoms with van der Waals surface area (Å²) in [4.78, 5) is 15.6. The van der Waals surface area contributed by atoms with Crippen LogP contribution in [0.4, 0.5) is 0 Å². The molecule has 3 rings (SSSR count). The highest BCUT2D eigenvalue weighted by molar-refractivity contribution is 6.00. The van der Waals surface area contributed by atoms with Gasteiger partial charge in [-0.05, 0) is 29.9 Å². The Kier molecular flexibility index (Phi) is 2.78. The van der Waals surface area contributed by atoms with E-state index in [4.69, 9.17) is 0 Å². The minimum absolute atomic E-state index is 0.295. The first-order chi connectivity index (χ1) is 8.79. The van der Waals surface area contributed by atoms with Gasteiger partial charge in [-0.3, -0.25) is 4.79 Å². The predicted octanol–water partition coefficient (Wildman–Crippen LogP) is 3.49. The fourth-order valence-electron chi connectivity index (χ4n) is 2.90. The van der Waals surface area contributed by atoms with Gasteiger partial charge in [0.05, 0.1) is 0 Å². The summed E-state index contributed by atoms with van der Waals surface area (Å²) >= 11 is 0. The summed E-state index contributed by atoms with van der Waals surface area (Å²) in [5.41, 5.74) is 4.52. The smallest absolute Gasteiger partial charge is 0.165 e. The second-order valence-corrected chi connectivity index (χ2v) is 4.96. The molecule has 0 saturated heterocycles. The molecule has 1 aromatic carbocycles. The van der Waals surface area contributed by atoms with E-state index in [0.29, 0.717) is 18.1 Å². The number of benzene rings is 1. The Bertz CT molecular complexity index is 568. The monoisotopic (exact) mass is 239 g/mol. The number of aromatic amines is 1. The number of carbonyl (C=O) groups excluding carboxylic acids is 1. The fourth-order valence-corrected chi connectivity index (χ4v) is 2.90. The summed E-state index contributed by atoms with van der Waals surface area (Å²) in [5, 5.41) is 0. The van der Waals surface area contributed by atoms with E-state index >= 15 is 0 Å². The van der Waals surface area contributed by atoms with Crippen LogP contribution in [0.1, 0.15) is 46.4 Å². The van der Waals surface area contributed by atoms with Crippen molar-refractivity contribution in [1.29, 1.82) is 0 Å². The van der Waals surface area contributed by atoms with Gasteiger partial charge in [0.25, 0.3) is 0 Å². The van der Waals surface area contributed by atoms with Crippen LogP contribution in [0.5, 0.6) is 0 Å². The van der Waals surface area contributed by atoms with Gasteiger partial charge in [-0.15, -0.1) is 0 Å². The van der Waals surface area contributed by atoms with Gasteiger partial charge in [-0.25, -0.2) is 0 Å². The minimum atomic E-state index is 0.295. The number of fused-ring (bicyclic) bond motifs is 1. The largest absolute Gasteiger partial charge is 0.364 e. The topological polar surface area (TPSA) is 32.9 Å². The molecule has 1 heterocycles. The molecule has 1 unspecified atom stereocenters. The van der Waals surface area contributed by atoms with E-state index in [9.17, 15) is 4.79 Å². The lowest BCUT2D eigenvalue weighted by atomic mass is 9.81. The zero-order chi connectivity index (χ0) is 12.5. The summed E-state index contributed by atoms with van der Waals surface area (Å²) in [6.07, 6.45) is 4.51. The maximum atomic E-state index is 12.3. The Morgan fingerprint density at radius 3 is 2.72 bits per heavy atom. The van der Waals surface area contributed by atoms with Crippen LogP contribution < -0.4 is 0 Å². The summed E-state index contributed by atoms with van der Waals surface area (Å²) in [7, 11) is 0. The molecule has 1 aliphatic carbocycles. The third kappa shape index (κ3) is 1.78. The highest BCUT2D eigenvalue weighted by atomic mass is 16.1. The van der Waals surface area contributed by atoms with E-state index < -0.39 is 0 Å². The number of rotatable bonds is 2. The lowest BCUT2D eigenvalue weighted by molar-refractivity contribution is 0.0963. The van der Waals surface area contributed by atoms with E-state index in [0.717, 1.165) is 24.1 Å². The second kappa shape index (κ2) is 4.45. The second-order valence-electron chi connectivity index (χ2n) is 4.96.